The molecule has 0 aromatic heterocycles. The number of anilines is 1. The molecule has 4 nitrogen and oxygen atoms in total. The molecule has 0 atom stereocenters. The van der Waals surface area contributed by atoms with Crippen LogP contribution in [-0.4, -0.2) is 32.4 Å². The van der Waals surface area contributed by atoms with Crippen LogP contribution in [0.5, 0.6) is 0 Å². The summed E-state index contributed by atoms with van der Waals surface area (Å²) in [6.07, 6.45) is 4.15. The van der Waals surface area contributed by atoms with Crippen molar-refractivity contribution in [1.29, 1.82) is 0 Å². The summed E-state index contributed by atoms with van der Waals surface area (Å²) in [4.78, 5) is 5.73. The monoisotopic (exact) mass is 292 g/mol. The van der Waals surface area contributed by atoms with Crippen LogP contribution in [0.15, 0.2) is 36.0 Å². The number of nitrogens with two attached hydrogens (primary N) is 1. The van der Waals surface area contributed by atoms with Crippen LogP contribution in [-0.2, 0) is 0 Å². The highest BCUT2D eigenvalue weighted by atomic mass is 19.2. The van der Waals surface area contributed by atoms with Gasteiger partial charge < -0.3 is 16.0 Å². The van der Waals surface area contributed by atoms with Crippen LogP contribution in [0.2, 0.25) is 0 Å². The first-order chi connectivity index (χ1) is 10.1. The van der Waals surface area contributed by atoms with Crippen LogP contribution in [0, 0.1) is 11.6 Å². The zero-order valence-electron chi connectivity index (χ0n) is 11.6. The summed E-state index contributed by atoms with van der Waals surface area (Å²) in [6.45, 7) is 6.45. The minimum absolute atomic E-state index is 0.0491. The van der Waals surface area contributed by atoms with Gasteiger partial charge in [0.05, 0.1) is 11.4 Å². The number of allylic oxidation sites excluding steroid dienone is 1. The van der Waals surface area contributed by atoms with E-state index < -0.39 is 11.6 Å². The first-order valence-electron chi connectivity index (χ1n) is 6.69. The fraction of sp³-hybridized carbons (Fsp3) is 0.267. The van der Waals surface area contributed by atoms with Crippen molar-refractivity contribution in [3.05, 3.63) is 48.2 Å². The molecule has 112 valence electrons. The van der Waals surface area contributed by atoms with Crippen LogP contribution < -0.4 is 16.0 Å². The van der Waals surface area contributed by atoms with Gasteiger partial charge in [0, 0.05) is 38.0 Å². The smallest absolute Gasteiger partial charge is 0.182 e. The molecule has 0 bridgehead atoms. The Morgan fingerprint density at radius 1 is 1.29 bits per heavy atom. The van der Waals surface area contributed by atoms with E-state index in [9.17, 15) is 8.78 Å². The fourth-order valence-electron chi connectivity index (χ4n) is 2.16. The van der Waals surface area contributed by atoms with E-state index in [1.54, 1.807) is 6.07 Å². The largest absolute Gasteiger partial charge is 0.405 e. The van der Waals surface area contributed by atoms with Gasteiger partial charge in [-0.2, -0.15) is 0 Å². The van der Waals surface area contributed by atoms with Gasteiger partial charge in [-0.05, 0) is 24.4 Å². The molecule has 6 heteroatoms. The lowest BCUT2D eigenvalue weighted by molar-refractivity contribution is 0.497. The number of rotatable bonds is 4. The second-order valence-electron chi connectivity index (χ2n) is 4.61. The highest BCUT2D eigenvalue weighted by molar-refractivity contribution is 5.79. The molecule has 1 fully saturated rings. The van der Waals surface area contributed by atoms with Gasteiger partial charge in [0.15, 0.2) is 11.6 Å². The summed E-state index contributed by atoms with van der Waals surface area (Å²) in [7, 11) is 0. The second kappa shape index (κ2) is 6.99. The van der Waals surface area contributed by atoms with Gasteiger partial charge in [-0.25, -0.2) is 8.78 Å². The molecule has 1 aromatic carbocycles. The van der Waals surface area contributed by atoms with E-state index in [1.165, 1.54) is 24.6 Å². The Hall–Kier alpha value is -2.21. The first kappa shape index (κ1) is 15.2. The van der Waals surface area contributed by atoms with Crippen LogP contribution >= 0.6 is 0 Å². The first-order valence-corrected chi connectivity index (χ1v) is 6.69. The standard InChI is InChI=1S/C15H18F2N4/c1-11(20-6-2-5-18)12-3-4-13(15(17)14(12)16)21-9-7-19-8-10-21/h2-6,19H,1,7-10,18H2/b5-2-,20-6?. The molecule has 0 saturated carbocycles. The minimum atomic E-state index is -0.926. The lowest BCUT2D eigenvalue weighted by Gasteiger charge is -2.30. The average molecular weight is 292 g/mol. The molecule has 1 saturated heterocycles. The summed E-state index contributed by atoms with van der Waals surface area (Å²) < 4.78 is 28.4. The number of benzene rings is 1. The van der Waals surface area contributed by atoms with E-state index in [-0.39, 0.29) is 16.9 Å². The fourth-order valence-corrected chi connectivity index (χ4v) is 2.16. The van der Waals surface area contributed by atoms with Crippen LogP contribution in [0.3, 0.4) is 0 Å². The molecule has 1 aliphatic heterocycles. The van der Waals surface area contributed by atoms with Crippen LogP contribution in [0.4, 0.5) is 14.5 Å². The molecule has 1 aliphatic rings. The number of hydrogen-bond acceptors (Lipinski definition) is 4. The molecule has 0 radical (unpaired) electrons. The highest BCUT2D eigenvalue weighted by Crippen LogP contribution is 2.28. The molecule has 3 N–H and O–H groups in total. The lowest BCUT2D eigenvalue weighted by atomic mass is 10.1. The number of piperazine rings is 1. The third-order valence-electron chi connectivity index (χ3n) is 3.26. The number of aliphatic imine (C=N–C) groups is 1. The van der Waals surface area contributed by atoms with E-state index in [0.29, 0.717) is 13.1 Å². The Labute approximate surface area is 122 Å². The van der Waals surface area contributed by atoms with E-state index in [2.05, 4.69) is 16.9 Å². The SMILES string of the molecule is C=C(N=C/C=C\N)c1ccc(N2CCNCC2)c(F)c1F. The van der Waals surface area contributed by atoms with Gasteiger partial charge in [-0.1, -0.05) is 6.58 Å². The van der Waals surface area contributed by atoms with Crippen molar-refractivity contribution in [2.75, 3.05) is 31.1 Å². The normalized spacial score (nSPS) is 16.0. The van der Waals surface area contributed by atoms with Gasteiger partial charge >= 0.3 is 0 Å². The highest BCUT2D eigenvalue weighted by Gasteiger charge is 2.20. The molecule has 1 heterocycles. The number of halogens is 2. The Morgan fingerprint density at radius 2 is 2.00 bits per heavy atom. The summed E-state index contributed by atoms with van der Waals surface area (Å²) in [5.41, 5.74) is 5.64. The Morgan fingerprint density at radius 3 is 2.67 bits per heavy atom. The molecule has 0 amide bonds. The maximum atomic E-state index is 14.2. The number of nitrogens with zero attached hydrogens (tertiary/aromatic N) is 2. The molecule has 1 aromatic rings. The quantitative estimate of drug-likeness (QED) is 0.833. The van der Waals surface area contributed by atoms with Gasteiger partial charge in [0.2, 0.25) is 0 Å². The number of nitrogens with one attached hydrogen (secondary N) is 1. The minimum Gasteiger partial charge on any atom is -0.405 e. The van der Waals surface area contributed by atoms with Crippen molar-refractivity contribution in [3.8, 4) is 0 Å². The van der Waals surface area contributed by atoms with Crippen molar-refractivity contribution < 1.29 is 8.78 Å². The summed E-state index contributed by atoms with van der Waals surface area (Å²) >= 11 is 0. The predicted octanol–water partition coefficient (Wildman–Crippen LogP) is 1.89. The Bertz CT molecular complexity index is 575. The molecule has 0 aliphatic carbocycles. The third-order valence-corrected chi connectivity index (χ3v) is 3.26. The van der Waals surface area contributed by atoms with E-state index >= 15 is 0 Å². The van der Waals surface area contributed by atoms with Crippen molar-refractivity contribution in [1.82, 2.24) is 5.32 Å². The maximum Gasteiger partial charge on any atom is 0.182 e. The van der Waals surface area contributed by atoms with Crippen molar-refractivity contribution in [3.63, 3.8) is 0 Å². The van der Waals surface area contributed by atoms with Gasteiger partial charge in [0.25, 0.3) is 0 Å². The van der Waals surface area contributed by atoms with Gasteiger partial charge in [0.1, 0.15) is 0 Å². The Balaban J connectivity index is 2.26. The zero-order chi connectivity index (χ0) is 15.2. The maximum absolute atomic E-state index is 14.2. The van der Waals surface area contributed by atoms with E-state index in [4.69, 9.17) is 5.73 Å². The van der Waals surface area contributed by atoms with Gasteiger partial charge in [-0.3, -0.25) is 4.99 Å². The summed E-state index contributed by atoms with van der Waals surface area (Å²) in [5.74, 6) is -1.79. The molecule has 2 rings (SSSR count). The average Bonchev–Trinajstić information content (AvgIpc) is 2.51. The van der Waals surface area contributed by atoms with Crippen molar-refractivity contribution >= 4 is 17.6 Å². The molecule has 0 unspecified atom stereocenters. The van der Waals surface area contributed by atoms with Crippen molar-refractivity contribution in [2.24, 2.45) is 10.7 Å². The molecular weight excluding hydrogens is 274 g/mol. The second-order valence-corrected chi connectivity index (χ2v) is 4.61. The molecular formula is C15H18F2N4. The van der Waals surface area contributed by atoms with Crippen LogP contribution in [0.25, 0.3) is 5.70 Å². The summed E-state index contributed by atoms with van der Waals surface area (Å²) in [6, 6.07) is 3.07. The van der Waals surface area contributed by atoms with E-state index in [0.717, 1.165) is 13.1 Å². The number of hydrogen-bond donors (Lipinski definition) is 2. The Kier molecular flexibility index (Phi) is 5.05. The predicted molar refractivity (Wildman–Crippen MR) is 82.3 cm³/mol. The lowest BCUT2D eigenvalue weighted by Crippen LogP contribution is -2.44. The van der Waals surface area contributed by atoms with Crippen LogP contribution in [0.1, 0.15) is 5.56 Å². The van der Waals surface area contributed by atoms with Crippen molar-refractivity contribution in [2.45, 2.75) is 0 Å². The molecule has 21 heavy (non-hydrogen) atoms. The molecule has 0 spiro atoms. The third kappa shape index (κ3) is 3.46. The van der Waals surface area contributed by atoms with Gasteiger partial charge in [-0.15, -0.1) is 0 Å². The topological polar surface area (TPSA) is 53.6 Å². The van der Waals surface area contributed by atoms with E-state index in [1.807, 2.05) is 4.90 Å². The summed E-state index contributed by atoms with van der Waals surface area (Å²) in [5, 5.41) is 3.17. The zero-order valence-corrected chi connectivity index (χ0v) is 11.6.